The van der Waals surface area contributed by atoms with Gasteiger partial charge in [0, 0.05) is 55.3 Å². The number of aromatic carboxylic acids is 1. The topological polar surface area (TPSA) is 134 Å². The number of piperazine rings is 1. The van der Waals surface area contributed by atoms with E-state index in [9.17, 15) is 14.7 Å². The number of carboxylic acid groups (broad SMARTS) is 1. The van der Waals surface area contributed by atoms with Crippen molar-refractivity contribution in [2.24, 2.45) is 0 Å². The first-order valence-corrected chi connectivity index (χ1v) is 13.6. The van der Waals surface area contributed by atoms with Crippen molar-refractivity contribution in [3.63, 3.8) is 0 Å². The van der Waals surface area contributed by atoms with Crippen LogP contribution in [0.1, 0.15) is 15.9 Å². The van der Waals surface area contributed by atoms with Crippen molar-refractivity contribution in [2.45, 2.75) is 6.92 Å². The molecular formula is C30H27N9O3. The second-order valence-corrected chi connectivity index (χ2v) is 10.4. The van der Waals surface area contributed by atoms with Gasteiger partial charge in [-0.25, -0.2) is 24.4 Å². The van der Waals surface area contributed by atoms with Gasteiger partial charge in [0.2, 0.25) is 5.95 Å². The van der Waals surface area contributed by atoms with Crippen LogP contribution in [0.3, 0.4) is 0 Å². The number of aryl methyl sites for hydroxylation is 1. The predicted octanol–water partition coefficient (Wildman–Crippen LogP) is 3.48. The lowest BCUT2D eigenvalue weighted by Crippen LogP contribution is -2.44. The molecule has 0 radical (unpaired) electrons. The Morgan fingerprint density at radius 3 is 2.52 bits per heavy atom. The van der Waals surface area contributed by atoms with Gasteiger partial charge < -0.3 is 20.2 Å². The molecule has 5 heterocycles. The first-order valence-electron chi connectivity index (χ1n) is 13.6. The van der Waals surface area contributed by atoms with E-state index in [2.05, 4.69) is 56.2 Å². The van der Waals surface area contributed by atoms with Gasteiger partial charge in [-0.15, -0.1) is 0 Å². The minimum atomic E-state index is -1.08. The molecule has 0 saturated carbocycles. The van der Waals surface area contributed by atoms with Crippen molar-refractivity contribution in [1.82, 2.24) is 34.0 Å². The number of carbonyl (C=O) groups is 1. The van der Waals surface area contributed by atoms with E-state index >= 15 is 0 Å². The van der Waals surface area contributed by atoms with Gasteiger partial charge in [-0.1, -0.05) is 6.07 Å². The molecule has 1 aliphatic rings. The summed E-state index contributed by atoms with van der Waals surface area (Å²) in [5.41, 5.74) is 3.92. The Kier molecular flexibility index (Phi) is 6.05. The first-order chi connectivity index (χ1) is 20.4. The zero-order chi connectivity index (χ0) is 29.0. The van der Waals surface area contributed by atoms with E-state index in [-0.39, 0.29) is 16.6 Å². The fourth-order valence-corrected chi connectivity index (χ4v) is 5.49. The number of fused-ring (bicyclic) bond motifs is 4. The van der Waals surface area contributed by atoms with Crippen molar-refractivity contribution in [3.05, 3.63) is 88.5 Å². The summed E-state index contributed by atoms with van der Waals surface area (Å²) in [5.74, 6) is -0.321. The molecule has 7 rings (SSSR count). The standard InChI is InChI=1S/C30H27N9O3/c1-18-15-20(7-9-23(18)37-13-11-36(2)12-14-37)33-30-32-17-22-26(35-30)34-27-21-8-6-19(29(41)42)16-24(21)38(39(27)28(22)40)25-5-3-4-10-31-25/h3-10,15-17H,11-14H2,1-2H3,(H,41,42)(H,32,33,35). The second kappa shape index (κ2) is 9.93. The molecule has 1 aliphatic heterocycles. The van der Waals surface area contributed by atoms with Crippen LogP contribution in [0.15, 0.2) is 71.8 Å². The molecule has 12 nitrogen and oxygen atoms in total. The summed E-state index contributed by atoms with van der Waals surface area (Å²) in [6, 6.07) is 16.1. The number of rotatable bonds is 5. The van der Waals surface area contributed by atoms with Crippen LogP contribution in [0, 0.1) is 6.92 Å². The SMILES string of the molecule is Cc1cc(Nc2ncc3c(=O)n4c(nc3n2)c2ccc(C(=O)O)cc2n4-c2ccccn2)ccc1N1CCN(C)CC1. The number of nitrogens with one attached hydrogen (secondary N) is 1. The molecule has 0 atom stereocenters. The third-order valence-corrected chi connectivity index (χ3v) is 7.68. The summed E-state index contributed by atoms with van der Waals surface area (Å²) in [7, 11) is 2.14. The van der Waals surface area contributed by atoms with E-state index in [0.29, 0.717) is 28.3 Å². The molecule has 0 amide bonds. The maximum atomic E-state index is 13.8. The van der Waals surface area contributed by atoms with Crippen LogP contribution < -0.4 is 15.8 Å². The molecule has 6 aromatic rings. The molecule has 4 aromatic heterocycles. The molecule has 42 heavy (non-hydrogen) atoms. The van der Waals surface area contributed by atoms with Gasteiger partial charge in [-0.05, 0) is 68.1 Å². The quantitative estimate of drug-likeness (QED) is 0.322. The molecule has 1 saturated heterocycles. The number of anilines is 3. The molecule has 1 fully saturated rings. The van der Waals surface area contributed by atoms with E-state index in [1.54, 1.807) is 35.1 Å². The first kappa shape index (κ1) is 25.6. The van der Waals surface area contributed by atoms with Gasteiger partial charge >= 0.3 is 5.97 Å². The van der Waals surface area contributed by atoms with E-state index in [1.165, 1.54) is 28.5 Å². The zero-order valence-electron chi connectivity index (χ0n) is 23.0. The monoisotopic (exact) mass is 561 g/mol. The fourth-order valence-electron chi connectivity index (χ4n) is 5.49. The lowest BCUT2D eigenvalue weighted by atomic mass is 10.1. The lowest BCUT2D eigenvalue weighted by molar-refractivity contribution is 0.0697. The summed E-state index contributed by atoms with van der Waals surface area (Å²) in [4.78, 5) is 48.5. The van der Waals surface area contributed by atoms with Gasteiger partial charge in [0.1, 0.15) is 5.39 Å². The maximum absolute atomic E-state index is 13.8. The van der Waals surface area contributed by atoms with Crippen LogP contribution in [0.4, 0.5) is 17.3 Å². The summed E-state index contributed by atoms with van der Waals surface area (Å²) in [6.07, 6.45) is 3.06. The predicted molar refractivity (Wildman–Crippen MR) is 160 cm³/mol. The number of pyridine rings is 1. The highest BCUT2D eigenvalue weighted by molar-refractivity contribution is 6.00. The highest BCUT2D eigenvalue weighted by Crippen LogP contribution is 2.28. The zero-order valence-corrected chi connectivity index (χ0v) is 23.0. The fraction of sp³-hybridized carbons (Fsp3) is 0.200. The largest absolute Gasteiger partial charge is 0.478 e. The number of likely N-dealkylation sites (N-methyl/N-ethyl adjacent to an activating group) is 1. The van der Waals surface area contributed by atoms with Crippen LogP contribution in [-0.2, 0) is 0 Å². The van der Waals surface area contributed by atoms with Gasteiger partial charge in [-0.2, -0.15) is 9.50 Å². The number of aromatic nitrogens is 6. The molecule has 0 unspecified atom stereocenters. The Morgan fingerprint density at radius 2 is 1.79 bits per heavy atom. The second-order valence-electron chi connectivity index (χ2n) is 10.4. The minimum absolute atomic E-state index is 0.0836. The highest BCUT2D eigenvalue weighted by Gasteiger charge is 2.21. The van der Waals surface area contributed by atoms with Crippen LogP contribution in [0.5, 0.6) is 0 Å². The third kappa shape index (κ3) is 4.29. The number of carboxylic acids is 1. The number of hydrogen-bond acceptors (Lipinski definition) is 9. The Bertz CT molecular complexity index is 2060. The summed E-state index contributed by atoms with van der Waals surface area (Å²) >= 11 is 0. The molecule has 2 aromatic carbocycles. The van der Waals surface area contributed by atoms with Gasteiger partial charge in [-0.3, -0.25) is 4.79 Å². The van der Waals surface area contributed by atoms with Crippen LogP contribution in [-0.4, -0.2) is 78.3 Å². The van der Waals surface area contributed by atoms with E-state index in [0.717, 1.165) is 37.4 Å². The van der Waals surface area contributed by atoms with Crippen LogP contribution in [0.25, 0.3) is 33.4 Å². The Balaban J connectivity index is 1.31. The molecule has 0 spiro atoms. The minimum Gasteiger partial charge on any atom is -0.478 e. The van der Waals surface area contributed by atoms with Gasteiger partial charge in [0.25, 0.3) is 5.56 Å². The van der Waals surface area contributed by atoms with Crippen molar-refractivity contribution in [1.29, 1.82) is 0 Å². The summed E-state index contributed by atoms with van der Waals surface area (Å²) in [6.45, 7) is 6.13. The molecule has 0 aliphatic carbocycles. The Hall–Kier alpha value is -5.36. The molecular weight excluding hydrogens is 534 g/mol. The average molecular weight is 562 g/mol. The van der Waals surface area contributed by atoms with Gasteiger partial charge in [0.15, 0.2) is 17.1 Å². The molecule has 210 valence electrons. The van der Waals surface area contributed by atoms with Crippen molar-refractivity contribution in [3.8, 4) is 5.82 Å². The number of nitrogens with zero attached hydrogens (tertiary/aromatic N) is 8. The smallest absolute Gasteiger partial charge is 0.335 e. The number of benzene rings is 2. The molecule has 12 heteroatoms. The van der Waals surface area contributed by atoms with Crippen LogP contribution >= 0.6 is 0 Å². The average Bonchev–Trinajstić information content (AvgIpc) is 3.32. The third-order valence-electron chi connectivity index (χ3n) is 7.68. The van der Waals surface area contributed by atoms with E-state index < -0.39 is 11.5 Å². The van der Waals surface area contributed by atoms with Crippen molar-refractivity contribution in [2.75, 3.05) is 43.4 Å². The van der Waals surface area contributed by atoms with E-state index in [1.807, 2.05) is 6.07 Å². The molecule has 0 bridgehead atoms. The normalized spacial score (nSPS) is 14.2. The van der Waals surface area contributed by atoms with E-state index in [4.69, 9.17) is 4.98 Å². The van der Waals surface area contributed by atoms with Gasteiger partial charge in [0.05, 0.1) is 11.1 Å². The molecule has 2 N–H and O–H groups in total. The Morgan fingerprint density at radius 1 is 0.952 bits per heavy atom. The Labute approximate surface area is 239 Å². The lowest BCUT2D eigenvalue weighted by Gasteiger charge is -2.35. The maximum Gasteiger partial charge on any atom is 0.335 e. The highest BCUT2D eigenvalue weighted by atomic mass is 16.4. The summed E-state index contributed by atoms with van der Waals surface area (Å²) in [5, 5.41) is 13.7. The van der Waals surface area contributed by atoms with Crippen molar-refractivity contribution >= 4 is 50.9 Å². The summed E-state index contributed by atoms with van der Waals surface area (Å²) < 4.78 is 2.96. The number of hydrogen-bond donors (Lipinski definition) is 2. The van der Waals surface area contributed by atoms with Crippen LogP contribution in [0.2, 0.25) is 0 Å². The van der Waals surface area contributed by atoms with Crippen molar-refractivity contribution < 1.29 is 9.90 Å².